The summed E-state index contributed by atoms with van der Waals surface area (Å²) in [5.41, 5.74) is 7.10. The molecule has 0 amide bonds. The molecule has 25 heavy (non-hydrogen) atoms. The molecule has 0 radical (unpaired) electrons. The SMILES string of the molecule is CC(C)C(N)c1nnc2sc(SCC(=O)OCc3ccccc3)nn12. The van der Waals surface area contributed by atoms with Crippen LogP contribution in [-0.2, 0) is 16.1 Å². The van der Waals surface area contributed by atoms with Crippen LogP contribution in [0.1, 0.15) is 31.3 Å². The number of rotatable bonds is 7. The first-order valence-electron chi connectivity index (χ1n) is 7.84. The van der Waals surface area contributed by atoms with Crippen molar-refractivity contribution in [2.45, 2.75) is 30.8 Å². The maximum absolute atomic E-state index is 11.9. The number of fused-ring (bicyclic) bond motifs is 1. The van der Waals surface area contributed by atoms with E-state index >= 15 is 0 Å². The number of hydrogen-bond donors (Lipinski definition) is 1. The highest BCUT2D eigenvalue weighted by Crippen LogP contribution is 2.27. The van der Waals surface area contributed by atoms with Crippen molar-refractivity contribution in [3.63, 3.8) is 0 Å². The van der Waals surface area contributed by atoms with E-state index in [2.05, 4.69) is 15.3 Å². The van der Waals surface area contributed by atoms with E-state index in [1.165, 1.54) is 23.1 Å². The van der Waals surface area contributed by atoms with Gasteiger partial charge in [0.1, 0.15) is 6.61 Å². The van der Waals surface area contributed by atoms with E-state index < -0.39 is 0 Å². The largest absolute Gasteiger partial charge is 0.460 e. The minimum atomic E-state index is -0.279. The van der Waals surface area contributed by atoms with Crippen molar-refractivity contribution >= 4 is 34.0 Å². The van der Waals surface area contributed by atoms with Crippen molar-refractivity contribution < 1.29 is 9.53 Å². The molecule has 0 aliphatic carbocycles. The fourth-order valence-electron chi connectivity index (χ4n) is 2.08. The molecule has 2 heterocycles. The average molecular weight is 377 g/mol. The molecule has 0 saturated heterocycles. The zero-order chi connectivity index (χ0) is 17.8. The third-order valence-electron chi connectivity index (χ3n) is 3.57. The van der Waals surface area contributed by atoms with Crippen molar-refractivity contribution in [1.29, 1.82) is 0 Å². The second-order valence-corrected chi connectivity index (χ2v) is 8.00. The number of aromatic nitrogens is 4. The van der Waals surface area contributed by atoms with E-state index in [9.17, 15) is 4.79 Å². The smallest absolute Gasteiger partial charge is 0.316 e. The van der Waals surface area contributed by atoms with Gasteiger partial charge in [0, 0.05) is 0 Å². The van der Waals surface area contributed by atoms with Gasteiger partial charge < -0.3 is 10.5 Å². The monoisotopic (exact) mass is 377 g/mol. The minimum Gasteiger partial charge on any atom is -0.460 e. The zero-order valence-corrected chi connectivity index (χ0v) is 15.6. The lowest BCUT2D eigenvalue weighted by Crippen LogP contribution is -2.20. The van der Waals surface area contributed by atoms with Crippen molar-refractivity contribution in [2.24, 2.45) is 11.7 Å². The van der Waals surface area contributed by atoms with E-state index in [0.717, 1.165) is 9.90 Å². The number of thioether (sulfide) groups is 1. The van der Waals surface area contributed by atoms with Gasteiger partial charge in [0.15, 0.2) is 10.2 Å². The van der Waals surface area contributed by atoms with Gasteiger partial charge in [-0.1, -0.05) is 67.3 Å². The number of hydrogen-bond acceptors (Lipinski definition) is 8. The van der Waals surface area contributed by atoms with Gasteiger partial charge in [0.05, 0.1) is 11.8 Å². The highest BCUT2D eigenvalue weighted by molar-refractivity contribution is 8.01. The van der Waals surface area contributed by atoms with Gasteiger partial charge in [-0.3, -0.25) is 4.79 Å². The number of ether oxygens (including phenoxy) is 1. The Labute approximate surface area is 153 Å². The molecule has 132 valence electrons. The predicted molar refractivity (Wildman–Crippen MR) is 97.4 cm³/mol. The second-order valence-electron chi connectivity index (χ2n) is 5.83. The van der Waals surface area contributed by atoms with Gasteiger partial charge in [0.2, 0.25) is 4.96 Å². The van der Waals surface area contributed by atoms with Crippen LogP contribution in [0.15, 0.2) is 34.7 Å². The summed E-state index contributed by atoms with van der Waals surface area (Å²) in [6.45, 7) is 4.33. The summed E-state index contributed by atoms with van der Waals surface area (Å²) in [5, 5.41) is 12.7. The molecule has 0 fully saturated rings. The standard InChI is InChI=1S/C16H19N5O2S2/c1-10(2)13(17)14-18-19-15-21(14)20-16(25-15)24-9-12(22)23-8-11-6-4-3-5-7-11/h3-7,10,13H,8-9,17H2,1-2H3. The number of esters is 1. The number of carbonyl (C=O) groups excluding carboxylic acids is 1. The van der Waals surface area contributed by atoms with Crippen molar-refractivity contribution in [3.8, 4) is 0 Å². The molecule has 2 aromatic heterocycles. The molecule has 0 bridgehead atoms. The topological polar surface area (TPSA) is 95.4 Å². The second kappa shape index (κ2) is 7.94. The third-order valence-corrected chi connectivity index (χ3v) is 5.57. The number of carbonyl (C=O) groups is 1. The molecule has 3 rings (SSSR count). The van der Waals surface area contributed by atoms with Gasteiger partial charge in [0.25, 0.3) is 0 Å². The van der Waals surface area contributed by atoms with Crippen LogP contribution in [0.3, 0.4) is 0 Å². The van der Waals surface area contributed by atoms with Crippen LogP contribution in [0.2, 0.25) is 0 Å². The lowest BCUT2D eigenvalue weighted by atomic mass is 10.1. The number of benzene rings is 1. The van der Waals surface area contributed by atoms with Crippen LogP contribution in [0, 0.1) is 5.92 Å². The summed E-state index contributed by atoms with van der Waals surface area (Å²) in [7, 11) is 0. The molecular weight excluding hydrogens is 358 g/mol. The van der Waals surface area contributed by atoms with E-state index in [1.54, 1.807) is 4.52 Å². The molecule has 1 atom stereocenters. The van der Waals surface area contributed by atoms with Gasteiger partial charge >= 0.3 is 5.97 Å². The Bertz CT molecular complexity index is 847. The van der Waals surface area contributed by atoms with Gasteiger partial charge in [-0.2, -0.15) is 4.52 Å². The Kier molecular flexibility index (Phi) is 5.67. The Balaban J connectivity index is 1.57. The van der Waals surface area contributed by atoms with E-state index in [-0.39, 0.29) is 30.3 Å². The first-order chi connectivity index (χ1) is 12.0. The molecule has 0 saturated carbocycles. The Hall–Kier alpha value is -1.97. The van der Waals surface area contributed by atoms with Gasteiger partial charge in [-0.15, -0.1) is 15.3 Å². The highest BCUT2D eigenvalue weighted by Gasteiger charge is 2.20. The normalized spacial score (nSPS) is 12.6. The Morgan fingerprint density at radius 1 is 1.32 bits per heavy atom. The fraction of sp³-hybridized carbons (Fsp3) is 0.375. The molecule has 1 unspecified atom stereocenters. The molecule has 2 N–H and O–H groups in total. The number of nitrogens with two attached hydrogens (primary N) is 1. The van der Waals surface area contributed by atoms with Crippen LogP contribution in [0.25, 0.3) is 4.96 Å². The summed E-state index contributed by atoms with van der Waals surface area (Å²) in [6.07, 6.45) is 0. The Morgan fingerprint density at radius 3 is 2.80 bits per heavy atom. The first-order valence-corrected chi connectivity index (χ1v) is 9.65. The molecular formula is C16H19N5O2S2. The Morgan fingerprint density at radius 2 is 2.08 bits per heavy atom. The van der Waals surface area contributed by atoms with E-state index in [4.69, 9.17) is 10.5 Å². The van der Waals surface area contributed by atoms with Crippen molar-refractivity contribution in [1.82, 2.24) is 19.8 Å². The highest BCUT2D eigenvalue weighted by atomic mass is 32.2. The van der Waals surface area contributed by atoms with Crippen LogP contribution in [0.4, 0.5) is 0 Å². The van der Waals surface area contributed by atoms with Gasteiger partial charge in [-0.25, -0.2) is 0 Å². The third kappa shape index (κ3) is 4.36. The van der Waals surface area contributed by atoms with Crippen LogP contribution < -0.4 is 5.73 Å². The summed E-state index contributed by atoms with van der Waals surface area (Å²) in [6, 6.07) is 9.36. The van der Waals surface area contributed by atoms with Crippen LogP contribution >= 0.6 is 23.1 Å². The fourth-order valence-corrected chi connectivity index (χ4v) is 3.76. The molecule has 0 spiro atoms. The maximum atomic E-state index is 11.9. The average Bonchev–Trinajstić information content (AvgIpc) is 3.18. The van der Waals surface area contributed by atoms with Crippen molar-refractivity contribution in [2.75, 3.05) is 5.75 Å². The minimum absolute atomic E-state index is 0.197. The zero-order valence-electron chi connectivity index (χ0n) is 14.0. The van der Waals surface area contributed by atoms with E-state index in [1.807, 2.05) is 44.2 Å². The maximum Gasteiger partial charge on any atom is 0.316 e. The first kappa shape index (κ1) is 17.8. The molecule has 9 heteroatoms. The predicted octanol–water partition coefficient (Wildman–Crippen LogP) is 2.68. The molecule has 0 aliphatic heterocycles. The molecule has 1 aromatic carbocycles. The summed E-state index contributed by atoms with van der Waals surface area (Å²) in [5.74, 6) is 0.791. The van der Waals surface area contributed by atoms with Gasteiger partial charge in [-0.05, 0) is 11.5 Å². The molecule has 7 nitrogen and oxygen atoms in total. The van der Waals surface area contributed by atoms with Crippen LogP contribution in [-0.4, -0.2) is 31.5 Å². The van der Waals surface area contributed by atoms with Crippen molar-refractivity contribution in [3.05, 3.63) is 41.7 Å². The summed E-state index contributed by atoms with van der Waals surface area (Å²) < 4.78 is 7.66. The van der Waals surface area contributed by atoms with E-state index in [0.29, 0.717) is 10.8 Å². The summed E-state index contributed by atoms with van der Waals surface area (Å²) in [4.78, 5) is 12.6. The lowest BCUT2D eigenvalue weighted by molar-refractivity contribution is -0.141. The number of nitrogens with zero attached hydrogens (tertiary/aromatic N) is 4. The molecule has 3 aromatic rings. The van der Waals surface area contributed by atoms with Crippen LogP contribution in [0.5, 0.6) is 0 Å². The molecule has 0 aliphatic rings. The summed E-state index contributed by atoms with van der Waals surface area (Å²) >= 11 is 2.71. The quantitative estimate of drug-likeness (QED) is 0.499. The lowest BCUT2D eigenvalue weighted by Gasteiger charge is -2.11.